The molecule has 0 unspecified atom stereocenters. The maximum atomic E-state index is 12.7. The normalized spacial score (nSPS) is 10.6. The Morgan fingerprint density at radius 3 is 2.50 bits per heavy atom. The summed E-state index contributed by atoms with van der Waals surface area (Å²) >= 11 is 0. The summed E-state index contributed by atoms with van der Waals surface area (Å²) in [6.07, 6.45) is 3.28. The number of carbonyl (C=O) groups is 1. The molecule has 30 heavy (non-hydrogen) atoms. The molecule has 1 amide bonds. The number of nitrogens with one attached hydrogen (secondary N) is 1. The molecule has 0 aliphatic heterocycles. The van der Waals surface area contributed by atoms with Crippen molar-refractivity contribution >= 4 is 5.91 Å². The number of nitrogens with zero attached hydrogens (tertiary/aromatic N) is 3. The van der Waals surface area contributed by atoms with Crippen LogP contribution in [0.1, 0.15) is 27.2 Å². The van der Waals surface area contributed by atoms with Gasteiger partial charge in [-0.2, -0.15) is 5.10 Å². The van der Waals surface area contributed by atoms with E-state index in [0.29, 0.717) is 30.3 Å². The first-order valence-electron chi connectivity index (χ1n) is 9.71. The van der Waals surface area contributed by atoms with Crippen molar-refractivity contribution in [1.82, 2.24) is 20.1 Å². The quantitative estimate of drug-likeness (QED) is 0.502. The number of pyridine rings is 1. The third kappa shape index (κ3) is 4.72. The smallest absolute Gasteiger partial charge is 0.255 e. The van der Waals surface area contributed by atoms with Crippen LogP contribution in [0.5, 0.6) is 11.6 Å². The maximum Gasteiger partial charge on any atom is 0.255 e. The van der Waals surface area contributed by atoms with Crippen LogP contribution < -0.4 is 10.1 Å². The van der Waals surface area contributed by atoms with Gasteiger partial charge in [-0.1, -0.05) is 48.5 Å². The van der Waals surface area contributed by atoms with Crippen LogP contribution in [-0.2, 0) is 13.1 Å². The Balaban J connectivity index is 1.39. The number of hydrogen-bond donors (Lipinski definition) is 1. The van der Waals surface area contributed by atoms with Crippen LogP contribution >= 0.6 is 0 Å². The van der Waals surface area contributed by atoms with Crippen LogP contribution in [0.15, 0.2) is 85.2 Å². The highest BCUT2D eigenvalue weighted by Crippen LogP contribution is 2.19. The lowest BCUT2D eigenvalue weighted by Crippen LogP contribution is -2.23. The Hall–Kier alpha value is -3.93. The van der Waals surface area contributed by atoms with E-state index in [1.54, 1.807) is 12.4 Å². The number of benzene rings is 2. The fourth-order valence-electron chi connectivity index (χ4n) is 3.09. The third-order valence-electron chi connectivity index (χ3n) is 4.74. The van der Waals surface area contributed by atoms with E-state index in [2.05, 4.69) is 15.4 Å². The van der Waals surface area contributed by atoms with Crippen molar-refractivity contribution in [1.29, 1.82) is 0 Å². The number of para-hydroxylation sites is 1. The van der Waals surface area contributed by atoms with Crippen LogP contribution in [0, 0.1) is 6.92 Å². The number of rotatable bonds is 7. The molecule has 0 bridgehead atoms. The van der Waals surface area contributed by atoms with E-state index in [-0.39, 0.29) is 5.91 Å². The number of amides is 1. The molecule has 0 saturated heterocycles. The van der Waals surface area contributed by atoms with Crippen molar-refractivity contribution in [2.75, 3.05) is 0 Å². The van der Waals surface area contributed by atoms with Crippen LogP contribution in [0.3, 0.4) is 0 Å². The average molecular weight is 398 g/mol. The Morgan fingerprint density at radius 1 is 1.00 bits per heavy atom. The molecule has 150 valence electrons. The molecule has 1 N–H and O–H groups in total. The van der Waals surface area contributed by atoms with Gasteiger partial charge in [0.15, 0.2) is 0 Å². The largest absolute Gasteiger partial charge is 0.439 e. The second kappa shape index (κ2) is 9.05. The Bertz CT molecular complexity index is 1120. The lowest BCUT2D eigenvalue weighted by atomic mass is 10.2. The Morgan fingerprint density at radius 2 is 1.73 bits per heavy atom. The van der Waals surface area contributed by atoms with Crippen LogP contribution in [0.4, 0.5) is 0 Å². The van der Waals surface area contributed by atoms with Gasteiger partial charge in [-0.3, -0.25) is 9.48 Å². The fourth-order valence-corrected chi connectivity index (χ4v) is 3.09. The number of hydrogen-bond acceptors (Lipinski definition) is 4. The zero-order valence-electron chi connectivity index (χ0n) is 16.7. The van der Waals surface area contributed by atoms with Crippen LogP contribution in [-0.4, -0.2) is 20.7 Å². The highest BCUT2D eigenvalue weighted by Gasteiger charge is 2.14. The van der Waals surface area contributed by atoms with Gasteiger partial charge in [0.2, 0.25) is 5.88 Å². The first-order chi connectivity index (χ1) is 14.7. The lowest BCUT2D eigenvalue weighted by molar-refractivity contribution is 0.0950. The monoisotopic (exact) mass is 398 g/mol. The molecule has 0 saturated carbocycles. The predicted octanol–water partition coefficient (Wildman–Crippen LogP) is 4.36. The van der Waals surface area contributed by atoms with Gasteiger partial charge < -0.3 is 10.1 Å². The minimum atomic E-state index is -0.158. The maximum absolute atomic E-state index is 12.7. The Kier molecular flexibility index (Phi) is 5.85. The van der Waals surface area contributed by atoms with Crippen molar-refractivity contribution in [2.24, 2.45) is 0 Å². The first-order valence-corrected chi connectivity index (χ1v) is 9.71. The highest BCUT2D eigenvalue weighted by molar-refractivity contribution is 5.95. The molecular weight excluding hydrogens is 376 g/mol. The van der Waals surface area contributed by atoms with Crippen LogP contribution in [0.25, 0.3) is 0 Å². The molecule has 6 heteroatoms. The van der Waals surface area contributed by atoms with Gasteiger partial charge in [-0.25, -0.2) is 4.98 Å². The van der Waals surface area contributed by atoms with E-state index in [0.717, 1.165) is 16.8 Å². The van der Waals surface area contributed by atoms with Gasteiger partial charge in [-0.15, -0.1) is 0 Å². The summed E-state index contributed by atoms with van der Waals surface area (Å²) in [5.41, 5.74) is 3.44. The van der Waals surface area contributed by atoms with E-state index >= 15 is 0 Å². The predicted molar refractivity (Wildman–Crippen MR) is 114 cm³/mol. The molecule has 0 radical (unpaired) electrons. The molecule has 4 rings (SSSR count). The van der Waals surface area contributed by atoms with Gasteiger partial charge in [0.05, 0.1) is 18.3 Å². The van der Waals surface area contributed by atoms with Crippen molar-refractivity contribution in [3.63, 3.8) is 0 Å². The van der Waals surface area contributed by atoms with E-state index in [4.69, 9.17) is 4.74 Å². The molecule has 0 aliphatic rings. The first kappa shape index (κ1) is 19.4. The molecule has 0 atom stereocenters. The minimum absolute atomic E-state index is 0.158. The van der Waals surface area contributed by atoms with Crippen molar-refractivity contribution in [3.05, 3.63) is 108 Å². The van der Waals surface area contributed by atoms with Gasteiger partial charge in [0.1, 0.15) is 5.75 Å². The standard InChI is InChI=1S/C24H22N4O2/c1-18-22(16-27-28(18)17-19-8-4-2-5-9-19)24(29)26-15-20-12-13-25-23(14-20)30-21-10-6-3-7-11-21/h2-14,16H,15,17H2,1H3,(H,26,29). The minimum Gasteiger partial charge on any atom is -0.439 e. The third-order valence-corrected chi connectivity index (χ3v) is 4.74. The van der Waals surface area contributed by atoms with E-state index in [1.165, 1.54) is 0 Å². The van der Waals surface area contributed by atoms with Gasteiger partial charge in [0.25, 0.3) is 5.91 Å². The molecule has 6 nitrogen and oxygen atoms in total. The molecule has 0 aliphatic carbocycles. The lowest BCUT2D eigenvalue weighted by Gasteiger charge is -2.08. The molecule has 2 aromatic carbocycles. The van der Waals surface area contributed by atoms with Gasteiger partial charge in [-0.05, 0) is 36.2 Å². The number of carbonyl (C=O) groups excluding carboxylic acids is 1. The van der Waals surface area contributed by atoms with E-state index in [1.807, 2.05) is 84.4 Å². The van der Waals surface area contributed by atoms with Gasteiger partial charge in [0, 0.05) is 24.5 Å². The number of aromatic nitrogens is 3. The molecule has 0 spiro atoms. The summed E-state index contributed by atoms with van der Waals surface area (Å²) in [6.45, 7) is 2.91. The Labute approximate surface area is 175 Å². The second-order valence-electron chi connectivity index (χ2n) is 6.89. The van der Waals surface area contributed by atoms with Crippen molar-refractivity contribution < 1.29 is 9.53 Å². The summed E-state index contributed by atoms with van der Waals surface area (Å²) in [4.78, 5) is 16.9. The molecule has 0 fully saturated rings. The van der Waals surface area contributed by atoms with Crippen LogP contribution in [0.2, 0.25) is 0 Å². The van der Waals surface area contributed by atoms with Crippen molar-refractivity contribution in [3.8, 4) is 11.6 Å². The second-order valence-corrected chi connectivity index (χ2v) is 6.89. The zero-order valence-corrected chi connectivity index (χ0v) is 16.7. The highest BCUT2D eigenvalue weighted by atomic mass is 16.5. The van der Waals surface area contributed by atoms with E-state index < -0.39 is 0 Å². The molecule has 2 aromatic heterocycles. The summed E-state index contributed by atoms with van der Waals surface area (Å²) in [6, 6.07) is 23.2. The summed E-state index contributed by atoms with van der Waals surface area (Å²) < 4.78 is 7.59. The molecule has 4 aromatic rings. The summed E-state index contributed by atoms with van der Waals surface area (Å²) in [5, 5.41) is 7.32. The van der Waals surface area contributed by atoms with Gasteiger partial charge >= 0.3 is 0 Å². The SMILES string of the molecule is Cc1c(C(=O)NCc2ccnc(Oc3ccccc3)c2)cnn1Cc1ccccc1. The fraction of sp³-hybridized carbons (Fsp3) is 0.125. The summed E-state index contributed by atoms with van der Waals surface area (Å²) in [7, 11) is 0. The molecule has 2 heterocycles. The zero-order chi connectivity index (χ0) is 20.8. The average Bonchev–Trinajstić information content (AvgIpc) is 3.14. The molecular formula is C24H22N4O2. The summed E-state index contributed by atoms with van der Waals surface area (Å²) in [5.74, 6) is 1.04. The van der Waals surface area contributed by atoms with E-state index in [9.17, 15) is 4.79 Å². The number of ether oxygens (including phenoxy) is 1. The van der Waals surface area contributed by atoms with Crippen molar-refractivity contribution in [2.45, 2.75) is 20.0 Å². The topological polar surface area (TPSA) is 69.0 Å².